The molecule has 0 atom stereocenters. The maximum Gasteiger partial charge on any atom is 0.409 e. The molecule has 0 aromatic heterocycles. The second-order valence-electron chi connectivity index (χ2n) is 8.19. The van der Waals surface area contributed by atoms with E-state index in [-0.39, 0.29) is 11.6 Å². The highest BCUT2D eigenvalue weighted by atomic mass is 19.4. The van der Waals surface area contributed by atoms with Crippen LogP contribution in [0.25, 0.3) is 6.08 Å². The number of halogens is 5. The lowest BCUT2D eigenvalue weighted by Gasteiger charge is -2.28. The van der Waals surface area contributed by atoms with Gasteiger partial charge in [-0.2, -0.15) is 13.2 Å². The number of alkyl halides is 3. The summed E-state index contributed by atoms with van der Waals surface area (Å²) in [5, 5.41) is 0. The summed E-state index contributed by atoms with van der Waals surface area (Å²) < 4.78 is 69.8. The van der Waals surface area contributed by atoms with Crippen LogP contribution < -0.4 is 4.74 Å². The molecule has 2 nitrogen and oxygen atoms in total. The second-order valence-corrected chi connectivity index (χ2v) is 8.19. The summed E-state index contributed by atoms with van der Waals surface area (Å²) >= 11 is 0. The molecule has 1 saturated carbocycles. The van der Waals surface area contributed by atoms with E-state index in [0.717, 1.165) is 24.3 Å². The number of ether oxygens (including phenoxy) is 1. The van der Waals surface area contributed by atoms with Crippen LogP contribution in [0.5, 0.6) is 5.75 Å². The van der Waals surface area contributed by atoms with Gasteiger partial charge in [0.25, 0.3) is 0 Å². The van der Waals surface area contributed by atoms with Crippen molar-refractivity contribution in [2.75, 3.05) is 0 Å². The molecule has 1 fully saturated rings. The zero-order valence-corrected chi connectivity index (χ0v) is 17.7. The predicted molar refractivity (Wildman–Crippen MR) is 112 cm³/mol. The lowest BCUT2D eigenvalue weighted by molar-refractivity contribution is -0.0790. The molecule has 1 aliphatic rings. The summed E-state index contributed by atoms with van der Waals surface area (Å²) in [6.45, 7) is 2.20. The van der Waals surface area contributed by atoms with Crippen LogP contribution in [-0.2, 0) is 0 Å². The first-order valence-corrected chi connectivity index (χ1v) is 10.7. The minimum Gasteiger partial charge on any atom is -0.423 e. The Morgan fingerprint density at radius 2 is 1.62 bits per heavy atom. The van der Waals surface area contributed by atoms with Gasteiger partial charge < -0.3 is 4.74 Å². The van der Waals surface area contributed by atoms with Crippen molar-refractivity contribution in [2.24, 2.45) is 5.92 Å². The number of rotatable bonds is 6. The molecular weight excluding hydrogens is 427 g/mol. The molecule has 3 rings (SSSR count). The van der Waals surface area contributed by atoms with Crippen molar-refractivity contribution in [2.45, 2.75) is 57.5 Å². The van der Waals surface area contributed by atoms with Crippen molar-refractivity contribution in [1.82, 2.24) is 0 Å². The zero-order chi connectivity index (χ0) is 23.3. The maximum absolute atomic E-state index is 14.0. The number of carbonyl (C=O) groups is 1. The molecule has 2 aromatic rings. The Morgan fingerprint density at radius 1 is 1.03 bits per heavy atom. The molecule has 0 saturated heterocycles. The van der Waals surface area contributed by atoms with E-state index >= 15 is 0 Å². The van der Waals surface area contributed by atoms with Gasteiger partial charge in [0, 0.05) is 23.8 Å². The Balaban J connectivity index is 1.64. The zero-order valence-electron chi connectivity index (χ0n) is 17.7. The molecule has 0 radical (unpaired) electrons. The van der Waals surface area contributed by atoms with Gasteiger partial charge in [-0.15, -0.1) is 0 Å². The molecule has 0 spiro atoms. The van der Waals surface area contributed by atoms with E-state index in [1.165, 1.54) is 25.7 Å². The number of esters is 1. The van der Waals surface area contributed by atoms with Gasteiger partial charge in [-0.05, 0) is 61.3 Å². The fourth-order valence-electron chi connectivity index (χ4n) is 4.21. The monoisotopic (exact) mass is 452 g/mol. The number of carbonyl (C=O) groups excluding carboxylic acids is 1. The highest BCUT2D eigenvalue weighted by Crippen LogP contribution is 2.37. The molecular formula is C25H25F5O2. The summed E-state index contributed by atoms with van der Waals surface area (Å²) in [5.74, 6) is -2.51. The van der Waals surface area contributed by atoms with Crippen LogP contribution in [0.2, 0.25) is 0 Å². The van der Waals surface area contributed by atoms with Gasteiger partial charge in [-0.3, -0.25) is 0 Å². The van der Waals surface area contributed by atoms with E-state index in [9.17, 15) is 26.7 Å². The highest BCUT2D eigenvalue weighted by Gasteiger charge is 2.24. The molecule has 0 aliphatic heterocycles. The van der Waals surface area contributed by atoms with Gasteiger partial charge in [-0.1, -0.05) is 31.9 Å². The van der Waals surface area contributed by atoms with Crippen molar-refractivity contribution in [3.63, 3.8) is 0 Å². The van der Waals surface area contributed by atoms with Crippen LogP contribution in [0.15, 0.2) is 42.5 Å². The van der Waals surface area contributed by atoms with Crippen LogP contribution in [0.3, 0.4) is 0 Å². The van der Waals surface area contributed by atoms with E-state index in [1.54, 1.807) is 12.1 Å². The molecule has 7 heteroatoms. The van der Waals surface area contributed by atoms with Crippen LogP contribution in [0.1, 0.15) is 72.9 Å². The molecule has 0 unspecified atom stereocenters. The third kappa shape index (κ3) is 6.40. The second kappa shape index (κ2) is 10.3. The van der Waals surface area contributed by atoms with Crippen LogP contribution in [0, 0.1) is 17.6 Å². The molecule has 0 bridgehead atoms. The summed E-state index contributed by atoms with van der Waals surface area (Å²) in [5.41, 5.74) is 0.504. The fraction of sp³-hybridized carbons (Fsp3) is 0.400. The van der Waals surface area contributed by atoms with Crippen LogP contribution in [-0.4, -0.2) is 12.1 Å². The first-order chi connectivity index (χ1) is 15.2. The number of allylic oxidation sites excluding steroid dienone is 1. The van der Waals surface area contributed by atoms with Crippen molar-refractivity contribution >= 4 is 12.0 Å². The van der Waals surface area contributed by atoms with Gasteiger partial charge in [-0.25, -0.2) is 13.6 Å². The van der Waals surface area contributed by atoms with Crippen LogP contribution in [0.4, 0.5) is 22.0 Å². The largest absolute Gasteiger partial charge is 0.423 e. The first-order valence-electron chi connectivity index (χ1n) is 10.7. The van der Waals surface area contributed by atoms with E-state index in [0.29, 0.717) is 24.1 Å². The maximum atomic E-state index is 14.0. The predicted octanol–water partition coefficient (Wildman–Crippen LogP) is 7.83. The average Bonchev–Trinajstić information content (AvgIpc) is 2.73. The standard InChI is InChI=1S/C25H25F5O2/c1-2-3-16-4-6-17(7-5-16)18-8-10-19(11-9-18)24(31)32-20-14-22(26)21(23(27)15-20)12-13-25(28,29)30/h8-17H,2-7H2,1H3. The molecule has 0 N–H and O–H groups in total. The highest BCUT2D eigenvalue weighted by molar-refractivity contribution is 5.91. The molecule has 2 aromatic carbocycles. The molecule has 0 amide bonds. The van der Waals surface area contributed by atoms with E-state index in [2.05, 4.69) is 6.92 Å². The van der Waals surface area contributed by atoms with Crippen LogP contribution >= 0.6 is 0 Å². The fourth-order valence-corrected chi connectivity index (χ4v) is 4.21. The van der Waals surface area contributed by atoms with E-state index in [1.807, 2.05) is 12.1 Å². The molecule has 32 heavy (non-hydrogen) atoms. The average molecular weight is 452 g/mol. The quantitative estimate of drug-likeness (QED) is 0.254. The van der Waals surface area contributed by atoms with Gasteiger partial charge >= 0.3 is 12.1 Å². The number of hydrogen-bond donors (Lipinski definition) is 0. The third-order valence-electron chi connectivity index (χ3n) is 5.86. The Hall–Kier alpha value is -2.70. The SMILES string of the molecule is CCCC1CCC(c2ccc(C(=O)Oc3cc(F)c(C=CC(F)(F)F)c(F)c3)cc2)CC1. The van der Waals surface area contributed by atoms with Crippen molar-refractivity contribution in [3.8, 4) is 5.75 Å². The van der Waals surface area contributed by atoms with Crippen molar-refractivity contribution in [1.29, 1.82) is 0 Å². The summed E-state index contributed by atoms with van der Waals surface area (Å²) in [7, 11) is 0. The Labute approximate surface area is 184 Å². The summed E-state index contributed by atoms with van der Waals surface area (Å²) in [6, 6.07) is 8.33. The molecule has 0 heterocycles. The normalized spacial score (nSPS) is 19.3. The minimum atomic E-state index is -4.70. The summed E-state index contributed by atoms with van der Waals surface area (Å²) in [6.07, 6.45) is 2.42. The lowest BCUT2D eigenvalue weighted by atomic mass is 9.77. The van der Waals surface area contributed by atoms with Gasteiger partial charge in [0.15, 0.2) is 0 Å². The Morgan fingerprint density at radius 3 is 2.16 bits per heavy atom. The van der Waals surface area contributed by atoms with Gasteiger partial charge in [0.2, 0.25) is 0 Å². The van der Waals surface area contributed by atoms with Crippen molar-refractivity contribution < 1.29 is 31.5 Å². The van der Waals surface area contributed by atoms with E-state index in [4.69, 9.17) is 4.74 Å². The topological polar surface area (TPSA) is 26.3 Å². The Kier molecular flexibility index (Phi) is 7.69. The van der Waals surface area contributed by atoms with Gasteiger partial charge in [0.1, 0.15) is 17.4 Å². The first kappa shape index (κ1) is 24.0. The minimum absolute atomic E-state index is 0.218. The Bertz CT molecular complexity index is 932. The lowest BCUT2D eigenvalue weighted by Crippen LogP contribution is -2.14. The smallest absolute Gasteiger partial charge is 0.409 e. The van der Waals surface area contributed by atoms with Crippen molar-refractivity contribution in [3.05, 3.63) is 70.8 Å². The molecule has 1 aliphatic carbocycles. The summed E-state index contributed by atoms with van der Waals surface area (Å²) in [4.78, 5) is 12.4. The number of hydrogen-bond acceptors (Lipinski definition) is 2. The molecule has 172 valence electrons. The third-order valence-corrected chi connectivity index (χ3v) is 5.86. The number of benzene rings is 2. The van der Waals surface area contributed by atoms with Gasteiger partial charge in [0.05, 0.1) is 5.56 Å². The van der Waals surface area contributed by atoms with E-state index < -0.39 is 35.1 Å².